The lowest BCUT2D eigenvalue weighted by Crippen LogP contribution is -2.67. The molecular weight excluding hydrogens is 416 g/mol. The molecule has 3 aliphatic rings. The number of halogens is 1. The Kier molecular flexibility index (Phi) is 6.20. The summed E-state index contributed by atoms with van der Waals surface area (Å²) in [6.07, 6.45) is 4.40. The number of piperidine rings is 3. The van der Waals surface area contributed by atoms with E-state index in [0.29, 0.717) is 5.92 Å². The van der Waals surface area contributed by atoms with Crippen molar-refractivity contribution in [3.8, 4) is 5.75 Å². The third kappa shape index (κ3) is 4.70. The number of aryl methyl sites for hydroxylation is 1. The molecule has 1 unspecified atom stereocenters. The first-order valence-corrected chi connectivity index (χ1v) is 11.1. The third-order valence-corrected chi connectivity index (χ3v) is 7.07. The van der Waals surface area contributed by atoms with Gasteiger partial charge in [0.2, 0.25) is 0 Å². The molecule has 9 heteroatoms. The van der Waals surface area contributed by atoms with Crippen LogP contribution in [-0.2, 0) is 6.42 Å². The molecule has 31 heavy (non-hydrogen) atoms. The van der Waals surface area contributed by atoms with E-state index >= 15 is 0 Å². The van der Waals surface area contributed by atoms with Crippen LogP contribution in [0.1, 0.15) is 35.3 Å². The smallest absolute Gasteiger partial charge is 0.274 e. The number of ether oxygens (including phenoxy) is 1. The Bertz CT molecular complexity index is 944. The Hall–Kier alpha value is -2.58. The predicted octanol–water partition coefficient (Wildman–Crippen LogP) is 2.27. The molecule has 1 amide bonds. The third-order valence-electron chi connectivity index (χ3n) is 6.79. The van der Waals surface area contributed by atoms with Crippen LogP contribution in [0, 0.1) is 5.92 Å². The number of quaternary nitrogens is 1. The number of anilines is 2. The van der Waals surface area contributed by atoms with Crippen molar-refractivity contribution in [2.45, 2.75) is 31.7 Å². The fraction of sp³-hybridized carbons (Fsp3) is 0.500. The van der Waals surface area contributed by atoms with Crippen LogP contribution < -0.4 is 21.5 Å². The maximum Gasteiger partial charge on any atom is 0.274 e. The van der Waals surface area contributed by atoms with Crippen molar-refractivity contribution in [1.82, 2.24) is 15.3 Å². The van der Waals surface area contributed by atoms with Crippen LogP contribution in [0.5, 0.6) is 5.75 Å². The highest BCUT2D eigenvalue weighted by atomic mass is 35.5. The van der Waals surface area contributed by atoms with E-state index in [1.807, 2.05) is 12.1 Å². The lowest BCUT2D eigenvalue weighted by atomic mass is 9.81. The fourth-order valence-corrected chi connectivity index (χ4v) is 5.15. The first kappa shape index (κ1) is 21.6. The van der Waals surface area contributed by atoms with Gasteiger partial charge in [0.1, 0.15) is 5.75 Å². The predicted molar refractivity (Wildman–Crippen MR) is 121 cm³/mol. The molecule has 1 aromatic carbocycles. The first-order valence-electron chi connectivity index (χ1n) is 10.8. The van der Waals surface area contributed by atoms with Crippen molar-refractivity contribution in [1.29, 1.82) is 0 Å². The van der Waals surface area contributed by atoms with E-state index in [0.717, 1.165) is 49.0 Å². The monoisotopic (exact) mass is 445 g/mol. The number of nitrogens with one attached hydrogen (secondary N) is 1. The largest absolute Gasteiger partial charge is 0.497 e. The van der Waals surface area contributed by atoms with Gasteiger partial charge in [-0.1, -0.05) is 23.7 Å². The number of carbonyl (C=O) groups excluding carboxylic acids is 1. The number of fused-ring (bicyclic) bond motifs is 3. The topological polar surface area (TPSA) is 116 Å². The van der Waals surface area contributed by atoms with Crippen molar-refractivity contribution < 1.29 is 14.0 Å². The summed E-state index contributed by atoms with van der Waals surface area (Å²) in [6.45, 7) is 4.40. The summed E-state index contributed by atoms with van der Waals surface area (Å²) < 4.78 is 6.29. The summed E-state index contributed by atoms with van der Waals surface area (Å²) in [7, 11) is 1.68. The number of rotatable bonds is 7. The maximum atomic E-state index is 12.8. The molecule has 0 radical (unpaired) electrons. The minimum Gasteiger partial charge on any atom is -0.497 e. The van der Waals surface area contributed by atoms with Gasteiger partial charge in [-0.25, -0.2) is 9.97 Å². The average molecular weight is 446 g/mol. The summed E-state index contributed by atoms with van der Waals surface area (Å²) in [6, 6.07) is 8.39. The zero-order valence-electron chi connectivity index (χ0n) is 17.8. The SMILES string of the molecule is COc1ccc(CCC[N+]23CCC(CC2)C(NC(=O)c2nc(Cl)c(N)nc2N)C3)cc1. The minimum atomic E-state index is -0.331. The van der Waals surface area contributed by atoms with E-state index in [2.05, 4.69) is 27.4 Å². The van der Waals surface area contributed by atoms with Gasteiger partial charge in [0.15, 0.2) is 22.5 Å². The van der Waals surface area contributed by atoms with Crippen molar-refractivity contribution in [2.24, 2.45) is 5.92 Å². The molecule has 0 spiro atoms. The molecule has 0 saturated carbocycles. The Balaban J connectivity index is 1.36. The number of hydrogen-bond acceptors (Lipinski definition) is 6. The number of nitrogens with zero attached hydrogens (tertiary/aromatic N) is 3. The van der Waals surface area contributed by atoms with E-state index < -0.39 is 0 Å². The molecule has 2 bridgehead atoms. The van der Waals surface area contributed by atoms with Crippen molar-refractivity contribution >= 4 is 29.1 Å². The molecule has 3 saturated heterocycles. The number of amides is 1. The summed E-state index contributed by atoms with van der Waals surface area (Å²) >= 11 is 5.94. The second-order valence-electron chi connectivity index (χ2n) is 8.70. The van der Waals surface area contributed by atoms with Crippen LogP contribution in [0.15, 0.2) is 24.3 Å². The van der Waals surface area contributed by atoms with Crippen LogP contribution in [0.4, 0.5) is 11.6 Å². The van der Waals surface area contributed by atoms with Gasteiger partial charge in [0.05, 0.1) is 39.3 Å². The highest BCUT2D eigenvalue weighted by molar-refractivity contribution is 6.31. The van der Waals surface area contributed by atoms with E-state index in [9.17, 15) is 4.79 Å². The first-order chi connectivity index (χ1) is 14.9. The number of nitrogens with two attached hydrogens (primary N) is 2. The zero-order valence-corrected chi connectivity index (χ0v) is 18.6. The van der Waals surface area contributed by atoms with Crippen LogP contribution in [0.2, 0.25) is 5.15 Å². The molecular formula is C22H30ClN6O2+. The van der Waals surface area contributed by atoms with Crippen LogP contribution in [-0.4, -0.2) is 59.7 Å². The van der Waals surface area contributed by atoms with Gasteiger partial charge in [-0.2, -0.15) is 0 Å². The van der Waals surface area contributed by atoms with Crippen molar-refractivity contribution in [3.05, 3.63) is 40.7 Å². The highest BCUT2D eigenvalue weighted by Gasteiger charge is 2.46. The Morgan fingerprint density at radius 3 is 2.58 bits per heavy atom. The number of nitrogen functional groups attached to an aromatic ring is 2. The van der Waals surface area contributed by atoms with Gasteiger partial charge in [-0.05, 0) is 30.0 Å². The molecule has 4 heterocycles. The quantitative estimate of drug-likeness (QED) is 0.563. The van der Waals surface area contributed by atoms with Gasteiger partial charge in [-0.3, -0.25) is 4.79 Å². The second-order valence-corrected chi connectivity index (χ2v) is 9.06. The average Bonchev–Trinajstić information content (AvgIpc) is 2.77. The maximum absolute atomic E-state index is 12.8. The summed E-state index contributed by atoms with van der Waals surface area (Å²) in [4.78, 5) is 20.8. The Morgan fingerprint density at radius 2 is 1.90 bits per heavy atom. The van der Waals surface area contributed by atoms with E-state index in [1.165, 1.54) is 18.7 Å². The number of carbonyl (C=O) groups is 1. The number of aromatic nitrogens is 2. The second kappa shape index (κ2) is 8.88. The van der Waals surface area contributed by atoms with E-state index in [4.69, 9.17) is 27.8 Å². The summed E-state index contributed by atoms with van der Waals surface area (Å²) in [5.41, 5.74) is 12.8. The summed E-state index contributed by atoms with van der Waals surface area (Å²) in [5.74, 6) is 1.07. The molecule has 3 aliphatic heterocycles. The van der Waals surface area contributed by atoms with Crippen LogP contribution >= 0.6 is 11.6 Å². The van der Waals surface area contributed by atoms with Gasteiger partial charge in [0, 0.05) is 19.3 Å². The van der Waals surface area contributed by atoms with Gasteiger partial charge in [-0.15, -0.1) is 0 Å². The van der Waals surface area contributed by atoms with E-state index in [-0.39, 0.29) is 34.4 Å². The molecule has 5 rings (SSSR count). The molecule has 8 nitrogen and oxygen atoms in total. The number of benzene rings is 1. The normalized spacial score (nSPS) is 24.7. The molecule has 1 atom stereocenters. The van der Waals surface area contributed by atoms with Crippen LogP contribution in [0.25, 0.3) is 0 Å². The lowest BCUT2D eigenvalue weighted by Gasteiger charge is -2.52. The fourth-order valence-electron chi connectivity index (χ4n) is 5.02. The van der Waals surface area contributed by atoms with Gasteiger partial charge >= 0.3 is 0 Å². The molecule has 5 N–H and O–H groups in total. The summed E-state index contributed by atoms with van der Waals surface area (Å²) in [5, 5.41) is 3.14. The number of methoxy groups -OCH3 is 1. The van der Waals surface area contributed by atoms with Crippen LogP contribution in [0.3, 0.4) is 0 Å². The lowest BCUT2D eigenvalue weighted by molar-refractivity contribution is -0.944. The molecule has 0 aliphatic carbocycles. The standard InChI is InChI=1S/C22H29ClN6O2/c1-31-16-6-4-14(5-7-16)3-2-10-29-11-8-15(9-12-29)17(13-29)26-22(30)18-20(24)28-21(25)19(23)27-18/h4-7,15,17H,2-3,8-13H2,1H3,(H4-,24,25,26,28,30)/p+1. The molecule has 1 aromatic heterocycles. The minimum absolute atomic E-state index is 0.00376. The van der Waals surface area contributed by atoms with Gasteiger partial charge in [0.25, 0.3) is 5.91 Å². The van der Waals surface area contributed by atoms with E-state index in [1.54, 1.807) is 7.11 Å². The number of hydrogen-bond donors (Lipinski definition) is 3. The Morgan fingerprint density at radius 1 is 1.19 bits per heavy atom. The van der Waals surface area contributed by atoms with Crippen molar-refractivity contribution in [3.63, 3.8) is 0 Å². The molecule has 3 fully saturated rings. The van der Waals surface area contributed by atoms with Crippen molar-refractivity contribution in [2.75, 3.05) is 44.8 Å². The zero-order chi connectivity index (χ0) is 22.0. The Labute approximate surface area is 187 Å². The highest BCUT2D eigenvalue weighted by Crippen LogP contribution is 2.34. The molecule has 166 valence electrons. The molecule has 2 aromatic rings. The van der Waals surface area contributed by atoms with Gasteiger partial charge < -0.3 is 26.0 Å².